The predicted octanol–water partition coefficient (Wildman–Crippen LogP) is 3.16. The van der Waals surface area contributed by atoms with E-state index in [-0.39, 0.29) is 11.4 Å². The molecule has 5 heteroatoms. The number of sulfonamides is 1. The van der Waals surface area contributed by atoms with Crippen molar-refractivity contribution in [2.75, 3.05) is 6.54 Å². The zero-order chi connectivity index (χ0) is 16.4. The summed E-state index contributed by atoms with van der Waals surface area (Å²) in [5, 5.41) is 9.83. The van der Waals surface area contributed by atoms with Crippen LogP contribution in [0.4, 0.5) is 0 Å². The van der Waals surface area contributed by atoms with E-state index in [2.05, 4.69) is 11.6 Å². The van der Waals surface area contributed by atoms with Crippen molar-refractivity contribution >= 4 is 10.0 Å². The van der Waals surface area contributed by atoms with Gasteiger partial charge in [-0.2, -0.15) is 0 Å². The van der Waals surface area contributed by atoms with Gasteiger partial charge in [-0.15, -0.1) is 0 Å². The number of hydrogen-bond acceptors (Lipinski definition) is 3. The molecule has 0 aromatic heterocycles. The van der Waals surface area contributed by atoms with Crippen LogP contribution in [0, 0.1) is 6.92 Å². The van der Waals surface area contributed by atoms with Crippen molar-refractivity contribution in [1.29, 1.82) is 0 Å². The summed E-state index contributed by atoms with van der Waals surface area (Å²) >= 11 is 0. The summed E-state index contributed by atoms with van der Waals surface area (Å²) < 4.78 is 26.6. The number of aryl methyl sites for hydroxylation is 1. The summed E-state index contributed by atoms with van der Waals surface area (Å²) in [4.78, 5) is 0.223. The van der Waals surface area contributed by atoms with Gasteiger partial charge >= 0.3 is 0 Å². The Morgan fingerprint density at radius 1 is 1.18 bits per heavy atom. The van der Waals surface area contributed by atoms with Crippen LogP contribution in [0.25, 0.3) is 0 Å². The first-order valence-electron chi connectivity index (χ1n) is 7.85. The quantitative estimate of drug-likeness (QED) is 0.513. The molecule has 0 unspecified atom stereocenters. The maximum Gasteiger partial charge on any atom is 0.240 e. The van der Waals surface area contributed by atoms with Gasteiger partial charge in [-0.05, 0) is 38.3 Å². The number of nitrogens with one attached hydrogen (secondary N) is 1. The van der Waals surface area contributed by atoms with E-state index in [0.29, 0.717) is 6.42 Å². The highest BCUT2D eigenvalue weighted by Crippen LogP contribution is 2.10. The molecular formula is C17H27NO3S. The van der Waals surface area contributed by atoms with Crippen LogP contribution >= 0.6 is 0 Å². The van der Waals surface area contributed by atoms with E-state index in [0.717, 1.165) is 18.4 Å². The average molecular weight is 325 g/mol. The summed E-state index contributed by atoms with van der Waals surface area (Å²) in [6.45, 7) is 4.09. The van der Waals surface area contributed by atoms with Crippen LogP contribution in [0.3, 0.4) is 0 Å². The molecule has 0 heterocycles. The third-order valence-corrected chi connectivity index (χ3v) is 4.83. The molecule has 4 nitrogen and oxygen atoms in total. The average Bonchev–Trinajstić information content (AvgIpc) is 2.49. The molecule has 1 rings (SSSR count). The molecule has 2 N–H and O–H groups in total. The Labute approximate surface area is 134 Å². The zero-order valence-electron chi connectivity index (χ0n) is 13.5. The molecule has 1 aromatic carbocycles. The van der Waals surface area contributed by atoms with Crippen LogP contribution in [0.1, 0.15) is 44.6 Å². The lowest BCUT2D eigenvalue weighted by molar-refractivity contribution is 0.181. The SMILES string of the molecule is CCCCC/C=C/C[C@@H](O)CNS(=O)(=O)c1ccc(C)cc1. The number of aliphatic hydroxyl groups is 1. The molecule has 0 saturated carbocycles. The minimum atomic E-state index is -3.55. The maximum absolute atomic E-state index is 12.1. The van der Waals surface area contributed by atoms with Crippen molar-refractivity contribution in [2.24, 2.45) is 0 Å². The summed E-state index contributed by atoms with van der Waals surface area (Å²) in [6, 6.07) is 6.64. The second-order valence-corrected chi connectivity index (χ2v) is 7.29. The van der Waals surface area contributed by atoms with Gasteiger partial charge in [-0.3, -0.25) is 0 Å². The Kier molecular flexibility index (Phi) is 8.38. The summed E-state index contributed by atoms with van der Waals surface area (Å²) in [7, 11) is -3.55. The molecule has 124 valence electrons. The van der Waals surface area contributed by atoms with Gasteiger partial charge in [0.2, 0.25) is 10.0 Å². The van der Waals surface area contributed by atoms with Gasteiger partial charge < -0.3 is 5.11 Å². The zero-order valence-corrected chi connectivity index (χ0v) is 14.3. The first-order chi connectivity index (χ1) is 10.5. The van der Waals surface area contributed by atoms with E-state index in [1.165, 1.54) is 12.8 Å². The topological polar surface area (TPSA) is 66.4 Å². The van der Waals surface area contributed by atoms with Crippen molar-refractivity contribution in [2.45, 2.75) is 57.0 Å². The molecule has 0 saturated heterocycles. The van der Waals surface area contributed by atoms with Crippen LogP contribution in [-0.2, 0) is 10.0 Å². The Hall–Kier alpha value is -1.17. The van der Waals surface area contributed by atoms with E-state index in [4.69, 9.17) is 0 Å². The lowest BCUT2D eigenvalue weighted by atomic mass is 10.1. The molecule has 0 aliphatic rings. The standard InChI is InChI=1S/C17H27NO3S/c1-3-4-5-6-7-8-9-16(19)14-18-22(20,21)17-12-10-15(2)11-13-17/h7-8,10-13,16,18-19H,3-6,9,14H2,1-2H3/b8-7+/t16-/m1/s1. The van der Waals surface area contributed by atoms with Gasteiger partial charge in [0.05, 0.1) is 11.0 Å². The second-order valence-electron chi connectivity index (χ2n) is 5.52. The Balaban J connectivity index is 2.36. The van der Waals surface area contributed by atoms with Crippen molar-refractivity contribution in [3.05, 3.63) is 42.0 Å². The molecule has 22 heavy (non-hydrogen) atoms. The van der Waals surface area contributed by atoms with Crippen LogP contribution in [0.15, 0.2) is 41.3 Å². The van der Waals surface area contributed by atoms with Gasteiger partial charge in [0.25, 0.3) is 0 Å². The van der Waals surface area contributed by atoms with Crippen LogP contribution in [-0.4, -0.2) is 26.2 Å². The van der Waals surface area contributed by atoms with Gasteiger partial charge in [0, 0.05) is 6.54 Å². The summed E-state index contributed by atoms with van der Waals surface area (Å²) in [5.41, 5.74) is 1.01. The minimum absolute atomic E-state index is 0.0233. The van der Waals surface area contributed by atoms with Crippen LogP contribution in [0.5, 0.6) is 0 Å². The molecule has 0 bridgehead atoms. The van der Waals surface area contributed by atoms with Gasteiger partial charge in [-0.25, -0.2) is 13.1 Å². The maximum atomic E-state index is 12.1. The molecule has 0 aliphatic heterocycles. The number of benzene rings is 1. The Morgan fingerprint density at radius 3 is 2.50 bits per heavy atom. The van der Waals surface area contributed by atoms with Crippen LogP contribution in [0.2, 0.25) is 0 Å². The molecule has 0 aliphatic carbocycles. The number of unbranched alkanes of at least 4 members (excludes halogenated alkanes) is 3. The summed E-state index contributed by atoms with van der Waals surface area (Å²) in [5.74, 6) is 0. The lowest BCUT2D eigenvalue weighted by Crippen LogP contribution is -2.31. The molecule has 0 spiro atoms. The molecule has 0 amide bonds. The van der Waals surface area contributed by atoms with Crippen molar-refractivity contribution < 1.29 is 13.5 Å². The van der Waals surface area contributed by atoms with Crippen molar-refractivity contribution in [1.82, 2.24) is 4.72 Å². The number of hydrogen-bond donors (Lipinski definition) is 2. The largest absolute Gasteiger partial charge is 0.391 e. The van der Waals surface area contributed by atoms with Gasteiger partial charge in [0.15, 0.2) is 0 Å². The van der Waals surface area contributed by atoms with Crippen molar-refractivity contribution in [3.63, 3.8) is 0 Å². The van der Waals surface area contributed by atoms with E-state index in [1.54, 1.807) is 24.3 Å². The Morgan fingerprint density at radius 2 is 1.86 bits per heavy atom. The fourth-order valence-corrected chi connectivity index (χ4v) is 3.05. The second kappa shape index (κ2) is 9.77. The highest BCUT2D eigenvalue weighted by atomic mass is 32.2. The van der Waals surface area contributed by atoms with Crippen LogP contribution < -0.4 is 4.72 Å². The third kappa shape index (κ3) is 7.20. The highest BCUT2D eigenvalue weighted by Gasteiger charge is 2.14. The normalized spacial score (nSPS) is 13.6. The van der Waals surface area contributed by atoms with Crippen molar-refractivity contribution in [3.8, 4) is 0 Å². The molecule has 1 atom stereocenters. The smallest absolute Gasteiger partial charge is 0.240 e. The molecule has 0 fully saturated rings. The fourth-order valence-electron chi connectivity index (χ4n) is 1.97. The minimum Gasteiger partial charge on any atom is -0.391 e. The first-order valence-corrected chi connectivity index (χ1v) is 9.33. The van der Waals surface area contributed by atoms with Gasteiger partial charge in [-0.1, -0.05) is 49.6 Å². The van der Waals surface area contributed by atoms with Gasteiger partial charge in [0.1, 0.15) is 0 Å². The number of allylic oxidation sites excluding steroid dienone is 1. The summed E-state index contributed by atoms with van der Waals surface area (Å²) in [6.07, 6.45) is 8.29. The predicted molar refractivity (Wildman–Crippen MR) is 90.3 cm³/mol. The monoisotopic (exact) mass is 325 g/mol. The van der Waals surface area contributed by atoms with E-state index in [9.17, 15) is 13.5 Å². The molecule has 0 radical (unpaired) electrons. The molecule has 1 aromatic rings. The molecular weight excluding hydrogens is 298 g/mol. The third-order valence-electron chi connectivity index (χ3n) is 3.39. The fraction of sp³-hybridized carbons (Fsp3) is 0.529. The van der Waals surface area contributed by atoms with E-state index >= 15 is 0 Å². The Bertz CT molecular complexity index is 550. The lowest BCUT2D eigenvalue weighted by Gasteiger charge is -2.10. The first kappa shape index (κ1) is 18.9. The van der Waals surface area contributed by atoms with E-state index in [1.807, 2.05) is 19.1 Å². The number of rotatable bonds is 10. The van der Waals surface area contributed by atoms with E-state index < -0.39 is 16.1 Å². The highest BCUT2D eigenvalue weighted by molar-refractivity contribution is 7.89. The number of aliphatic hydroxyl groups excluding tert-OH is 1.